The van der Waals surface area contributed by atoms with Gasteiger partial charge in [-0.2, -0.15) is 0 Å². The van der Waals surface area contributed by atoms with Crippen LogP contribution in [0.15, 0.2) is 71.8 Å². The van der Waals surface area contributed by atoms with E-state index in [4.69, 9.17) is 0 Å². The van der Waals surface area contributed by atoms with Crippen LogP contribution in [0.1, 0.15) is 30.7 Å². The second-order valence-electron chi connectivity index (χ2n) is 7.76. The van der Waals surface area contributed by atoms with Crippen LogP contribution in [0, 0.1) is 6.92 Å². The van der Waals surface area contributed by atoms with E-state index < -0.39 is 0 Å². The Hall–Kier alpha value is -3.66. The first-order chi connectivity index (χ1) is 14.3. The minimum atomic E-state index is -0.299. The smallest absolute Gasteiger partial charge is 0.266 e. The Balaban J connectivity index is 1.89. The lowest BCUT2D eigenvalue weighted by Crippen LogP contribution is -2.29. The van der Waals surface area contributed by atoms with Crippen molar-refractivity contribution in [2.24, 2.45) is 7.05 Å². The van der Waals surface area contributed by atoms with Gasteiger partial charge in [0.05, 0.1) is 16.8 Å². The number of amides is 2. The molecule has 3 aromatic rings. The molecule has 1 aromatic heterocycles. The molecule has 0 radical (unpaired) electrons. The van der Waals surface area contributed by atoms with Crippen molar-refractivity contribution in [3.05, 3.63) is 88.7 Å². The standard InChI is InChI=1S/C26H24N2O2/c1-6-18-11-13-19(14-12-18)28-25(29)21(24(16(2)3)26(28)30)15-23-17(4)20-9-7-8-10-22(20)27(23)5/h6-15H,1H2,2-5H3/b21-15+. The Labute approximate surface area is 176 Å². The van der Waals surface area contributed by atoms with Gasteiger partial charge in [-0.25, -0.2) is 4.90 Å². The molecule has 2 amide bonds. The number of fused-ring (bicyclic) bond motifs is 1. The highest BCUT2D eigenvalue weighted by molar-refractivity contribution is 6.38. The summed E-state index contributed by atoms with van der Waals surface area (Å²) in [5.74, 6) is -0.582. The Bertz CT molecular complexity index is 1230. The predicted molar refractivity (Wildman–Crippen MR) is 123 cm³/mol. The second kappa shape index (κ2) is 7.30. The average molecular weight is 396 g/mol. The summed E-state index contributed by atoms with van der Waals surface area (Å²) < 4.78 is 2.07. The SMILES string of the molecule is C=Cc1ccc(N2C(=O)C(=C(C)C)/C(=C\c3c(C)c4ccccc4n3C)C2=O)cc1. The summed E-state index contributed by atoms with van der Waals surface area (Å²) in [4.78, 5) is 27.9. The van der Waals surface area contributed by atoms with E-state index in [-0.39, 0.29) is 11.8 Å². The number of nitrogens with zero attached hydrogens (tertiary/aromatic N) is 2. The first kappa shape index (κ1) is 19.6. The maximum atomic E-state index is 13.4. The lowest BCUT2D eigenvalue weighted by molar-refractivity contribution is -0.119. The highest BCUT2D eigenvalue weighted by Gasteiger charge is 2.40. The molecule has 0 N–H and O–H groups in total. The zero-order valence-corrected chi connectivity index (χ0v) is 17.7. The van der Waals surface area contributed by atoms with Crippen LogP contribution in [0.2, 0.25) is 0 Å². The van der Waals surface area contributed by atoms with E-state index in [0.29, 0.717) is 16.8 Å². The van der Waals surface area contributed by atoms with Crippen molar-refractivity contribution in [1.82, 2.24) is 4.57 Å². The normalized spacial score (nSPS) is 15.5. The summed E-state index contributed by atoms with van der Waals surface area (Å²) in [6, 6.07) is 15.4. The van der Waals surface area contributed by atoms with Gasteiger partial charge in [0.25, 0.3) is 11.8 Å². The maximum absolute atomic E-state index is 13.4. The number of imide groups is 1. The Morgan fingerprint density at radius 3 is 2.23 bits per heavy atom. The van der Waals surface area contributed by atoms with Crippen LogP contribution in [0.4, 0.5) is 5.69 Å². The zero-order chi connectivity index (χ0) is 21.6. The van der Waals surface area contributed by atoms with Crippen LogP contribution >= 0.6 is 0 Å². The Morgan fingerprint density at radius 1 is 0.967 bits per heavy atom. The highest BCUT2D eigenvalue weighted by Crippen LogP contribution is 2.35. The van der Waals surface area contributed by atoms with Crippen molar-refractivity contribution in [2.75, 3.05) is 4.90 Å². The van der Waals surface area contributed by atoms with E-state index in [9.17, 15) is 9.59 Å². The summed E-state index contributed by atoms with van der Waals surface area (Å²) in [7, 11) is 1.98. The quantitative estimate of drug-likeness (QED) is 0.438. The number of para-hydroxylation sites is 1. The fourth-order valence-electron chi connectivity index (χ4n) is 4.10. The van der Waals surface area contributed by atoms with E-state index >= 15 is 0 Å². The molecule has 0 spiro atoms. The van der Waals surface area contributed by atoms with Crippen molar-refractivity contribution in [1.29, 1.82) is 0 Å². The number of hydrogen-bond donors (Lipinski definition) is 0. The van der Waals surface area contributed by atoms with Gasteiger partial charge in [0.2, 0.25) is 0 Å². The van der Waals surface area contributed by atoms with Crippen molar-refractivity contribution in [3.63, 3.8) is 0 Å². The molecule has 4 heteroatoms. The molecule has 30 heavy (non-hydrogen) atoms. The summed E-state index contributed by atoms with van der Waals surface area (Å²) in [5, 5.41) is 1.14. The largest absolute Gasteiger partial charge is 0.344 e. The van der Waals surface area contributed by atoms with Crippen molar-refractivity contribution < 1.29 is 9.59 Å². The summed E-state index contributed by atoms with van der Waals surface area (Å²) in [5.41, 5.74) is 6.32. The Morgan fingerprint density at radius 2 is 1.63 bits per heavy atom. The molecule has 0 saturated carbocycles. The number of benzene rings is 2. The fourth-order valence-corrected chi connectivity index (χ4v) is 4.10. The molecule has 0 unspecified atom stereocenters. The van der Waals surface area contributed by atoms with Gasteiger partial charge in [-0.3, -0.25) is 9.59 Å². The van der Waals surface area contributed by atoms with E-state index in [0.717, 1.165) is 33.3 Å². The molecule has 4 rings (SSSR count). The number of aryl methyl sites for hydroxylation is 2. The molecule has 1 aliphatic heterocycles. The van der Waals surface area contributed by atoms with Gasteiger partial charge in [0.15, 0.2) is 0 Å². The molecule has 2 aromatic carbocycles. The molecule has 0 bridgehead atoms. The molecule has 4 nitrogen and oxygen atoms in total. The molecular formula is C26H24N2O2. The van der Waals surface area contributed by atoms with Gasteiger partial charge in [0, 0.05) is 23.6 Å². The number of anilines is 1. The van der Waals surface area contributed by atoms with Gasteiger partial charge >= 0.3 is 0 Å². The molecular weight excluding hydrogens is 372 g/mol. The van der Waals surface area contributed by atoms with Crippen LogP contribution in [-0.4, -0.2) is 16.4 Å². The van der Waals surface area contributed by atoms with E-state index in [1.807, 2.05) is 58.2 Å². The number of allylic oxidation sites excluding steroid dienone is 1. The fraction of sp³-hybridized carbons (Fsp3) is 0.154. The lowest BCUT2D eigenvalue weighted by Gasteiger charge is -2.13. The number of carbonyl (C=O) groups is 2. The number of rotatable bonds is 3. The summed E-state index contributed by atoms with van der Waals surface area (Å²) >= 11 is 0. The predicted octanol–water partition coefficient (Wildman–Crippen LogP) is 5.42. The molecule has 0 aliphatic carbocycles. The highest BCUT2D eigenvalue weighted by atomic mass is 16.2. The molecule has 2 heterocycles. The monoisotopic (exact) mass is 396 g/mol. The van der Waals surface area contributed by atoms with Crippen LogP contribution in [0.5, 0.6) is 0 Å². The molecule has 0 atom stereocenters. The molecule has 1 fully saturated rings. The second-order valence-corrected chi connectivity index (χ2v) is 7.76. The number of aromatic nitrogens is 1. The van der Waals surface area contributed by atoms with Gasteiger partial charge in [-0.05, 0) is 56.2 Å². The van der Waals surface area contributed by atoms with Crippen molar-refractivity contribution in [3.8, 4) is 0 Å². The average Bonchev–Trinajstić information content (AvgIpc) is 3.13. The topological polar surface area (TPSA) is 42.3 Å². The van der Waals surface area contributed by atoms with Crippen LogP contribution in [0.3, 0.4) is 0 Å². The van der Waals surface area contributed by atoms with Gasteiger partial charge < -0.3 is 4.57 Å². The third kappa shape index (κ3) is 2.92. The molecule has 1 saturated heterocycles. The maximum Gasteiger partial charge on any atom is 0.266 e. The molecule has 1 aliphatic rings. The number of carbonyl (C=O) groups excluding carboxylic acids is 2. The summed E-state index contributed by atoms with van der Waals surface area (Å²) in [6.45, 7) is 9.53. The minimum absolute atomic E-state index is 0.283. The van der Waals surface area contributed by atoms with E-state index in [1.165, 1.54) is 4.90 Å². The van der Waals surface area contributed by atoms with Crippen LogP contribution in [0.25, 0.3) is 23.1 Å². The van der Waals surface area contributed by atoms with Crippen molar-refractivity contribution in [2.45, 2.75) is 20.8 Å². The Kier molecular flexibility index (Phi) is 4.78. The van der Waals surface area contributed by atoms with Gasteiger partial charge in [-0.15, -0.1) is 0 Å². The van der Waals surface area contributed by atoms with Gasteiger partial charge in [-0.1, -0.05) is 48.6 Å². The van der Waals surface area contributed by atoms with E-state index in [1.54, 1.807) is 18.2 Å². The van der Waals surface area contributed by atoms with Crippen LogP contribution < -0.4 is 4.90 Å². The minimum Gasteiger partial charge on any atom is -0.344 e. The summed E-state index contributed by atoms with van der Waals surface area (Å²) in [6.07, 6.45) is 3.59. The first-order valence-electron chi connectivity index (χ1n) is 9.90. The third-order valence-corrected chi connectivity index (χ3v) is 5.70. The lowest BCUT2D eigenvalue weighted by atomic mass is 10.0. The zero-order valence-electron chi connectivity index (χ0n) is 17.7. The number of hydrogen-bond acceptors (Lipinski definition) is 2. The first-order valence-corrected chi connectivity index (χ1v) is 9.90. The third-order valence-electron chi connectivity index (χ3n) is 5.70. The van der Waals surface area contributed by atoms with Crippen LogP contribution in [-0.2, 0) is 16.6 Å². The van der Waals surface area contributed by atoms with Gasteiger partial charge in [0.1, 0.15) is 0 Å². The molecule has 150 valence electrons. The van der Waals surface area contributed by atoms with E-state index in [2.05, 4.69) is 23.3 Å². The van der Waals surface area contributed by atoms with Crippen molar-refractivity contribution >= 4 is 40.6 Å².